The van der Waals surface area contributed by atoms with Crippen LogP contribution < -0.4 is 0 Å². The molecule has 1 N–H and O–H groups in total. The lowest BCUT2D eigenvalue weighted by Crippen LogP contribution is -2.06. The molecule has 1 heterocycles. The van der Waals surface area contributed by atoms with Crippen molar-refractivity contribution in [1.82, 2.24) is 9.55 Å². The minimum Gasteiger partial charge on any atom is -0.481 e. The smallest absolute Gasteiger partial charge is 0.305 e. The molecule has 1 aromatic heterocycles. The fourth-order valence-corrected chi connectivity index (χ4v) is 1.14. The molecule has 0 aliphatic carbocycles. The fraction of sp³-hybridized carbons (Fsp3) is 0.692. The molecule has 1 aromatic rings. The minimum atomic E-state index is -0.836. The van der Waals surface area contributed by atoms with Crippen LogP contribution in [0, 0.1) is 0 Å². The Bertz CT molecular complexity index is 314. The molecule has 0 bridgehead atoms. The number of rotatable bonds is 8. The van der Waals surface area contributed by atoms with Gasteiger partial charge in [-0.15, -0.1) is 0 Å². The first kappa shape index (κ1) is 17.6. The Morgan fingerprint density at radius 3 is 2.63 bits per heavy atom. The van der Waals surface area contributed by atoms with Crippen LogP contribution in [0.3, 0.4) is 0 Å². The van der Waals surface area contributed by atoms with Crippen LogP contribution in [-0.2, 0) is 14.3 Å². The number of imidazole rings is 1. The molecule has 1 rings (SSSR count). The van der Waals surface area contributed by atoms with E-state index in [0.29, 0.717) is 19.3 Å². The van der Waals surface area contributed by atoms with E-state index in [4.69, 9.17) is 9.84 Å². The molecule has 1 unspecified atom stereocenters. The van der Waals surface area contributed by atoms with Crippen LogP contribution in [0.25, 0.3) is 0 Å². The summed E-state index contributed by atoms with van der Waals surface area (Å²) in [6.07, 6.45) is 6.88. The zero-order valence-corrected chi connectivity index (χ0v) is 11.9. The Hall–Kier alpha value is -1.40. The molecule has 0 saturated heterocycles. The van der Waals surface area contributed by atoms with Gasteiger partial charge in [0.2, 0.25) is 0 Å². The predicted molar refractivity (Wildman–Crippen MR) is 72.2 cm³/mol. The number of aliphatic carboxylic acids is 1. The molecule has 0 aliphatic heterocycles. The van der Waals surface area contributed by atoms with Crippen LogP contribution in [0.4, 0.5) is 0 Å². The zero-order valence-electron chi connectivity index (χ0n) is 11.9. The van der Waals surface area contributed by atoms with Crippen LogP contribution in [-0.4, -0.2) is 47.6 Å². The Kier molecular flexibility index (Phi) is 10.8. The van der Waals surface area contributed by atoms with Gasteiger partial charge in [-0.1, -0.05) is 6.92 Å². The molecular weight excluding hydrogens is 248 g/mol. The number of nitrogens with zero attached hydrogens (tertiary/aromatic N) is 2. The van der Waals surface area contributed by atoms with Gasteiger partial charge in [-0.2, -0.15) is 0 Å². The van der Waals surface area contributed by atoms with Gasteiger partial charge in [0.25, 0.3) is 0 Å². The van der Waals surface area contributed by atoms with Crippen molar-refractivity contribution in [3.8, 4) is 0 Å². The summed E-state index contributed by atoms with van der Waals surface area (Å²) >= 11 is 0. The molecule has 6 heteroatoms. The molecule has 0 radical (unpaired) electrons. The van der Waals surface area contributed by atoms with Gasteiger partial charge in [0, 0.05) is 25.5 Å². The molecule has 6 nitrogen and oxygen atoms in total. The van der Waals surface area contributed by atoms with Crippen molar-refractivity contribution in [2.45, 2.75) is 32.7 Å². The summed E-state index contributed by atoms with van der Waals surface area (Å²) in [5, 5.41) is 8.16. The van der Waals surface area contributed by atoms with Crippen molar-refractivity contribution in [2.75, 3.05) is 26.9 Å². The molecule has 19 heavy (non-hydrogen) atoms. The van der Waals surface area contributed by atoms with Gasteiger partial charge in [-0.25, -0.2) is 4.98 Å². The average Bonchev–Trinajstić information content (AvgIpc) is 2.92. The Labute approximate surface area is 114 Å². The molecular formula is C13H24N2O4. The van der Waals surface area contributed by atoms with Crippen LogP contribution in [0.15, 0.2) is 18.7 Å². The first-order chi connectivity index (χ1) is 9.11. The molecule has 0 saturated carbocycles. The standard InChI is InChI=1S/C7H12N2.C6H12O4/c1-3-7(2)9-5-4-8-6-9;1-9-4-5-10-3-2-6(7)8/h4-7H,3H2,1-2H3;2-5H2,1H3,(H,7,8). The quantitative estimate of drug-likeness (QED) is 0.732. The third-order valence-corrected chi connectivity index (χ3v) is 2.52. The third-order valence-electron chi connectivity index (χ3n) is 2.52. The van der Waals surface area contributed by atoms with Crippen molar-refractivity contribution < 1.29 is 19.4 Å². The molecule has 0 amide bonds. The predicted octanol–water partition coefficient (Wildman–Crippen LogP) is 1.98. The van der Waals surface area contributed by atoms with Crippen molar-refractivity contribution in [3.05, 3.63) is 18.7 Å². The summed E-state index contributed by atoms with van der Waals surface area (Å²) in [6, 6.07) is 0.590. The highest BCUT2D eigenvalue weighted by molar-refractivity contribution is 5.66. The van der Waals surface area contributed by atoms with E-state index in [1.165, 1.54) is 0 Å². The van der Waals surface area contributed by atoms with Gasteiger partial charge in [-0.05, 0) is 13.3 Å². The summed E-state index contributed by atoms with van der Waals surface area (Å²) in [5.74, 6) is -0.836. The number of ether oxygens (including phenoxy) is 2. The second kappa shape index (κ2) is 11.7. The molecule has 0 aromatic carbocycles. The van der Waals surface area contributed by atoms with Crippen LogP contribution in [0.5, 0.6) is 0 Å². The van der Waals surface area contributed by atoms with Crippen LogP contribution in [0.1, 0.15) is 32.7 Å². The van der Waals surface area contributed by atoms with Gasteiger partial charge in [0.1, 0.15) is 0 Å². The Balaban J connectivity index is 0.000000342. The van der Waals surface area contributed by atoms with E-state index in [-0.39, 0.29) is 13.0 Å². The van der Waals surface area contributed by atoms with Crippen molar-refractivity contribution >= 4 is 5.97 Å². The maximum absolute atomic E-state index is 9.92. The van der Waals surface area contributed by atoms with E-state index < -0.39 is 5.97 Å². The van der Waals surface area contributed by atoms with Crippen LogP contribution >= 0.6 is 0 Å². The topological polar surface area (TPSA) is 73.6 Å². The van der Waals surface area contributed by atoms with Crippen LogP contribution in [0.2, 0.25) is 0 Å². The number of carboxylic acids is 1. The highest BCUT2D eigenvalue weighted by Crippen LogP contribution is 2.06. The second-order valence-electron chi connectivity index (χ2n) is 4.02. The summed E-state index contributed by atoms with van der Waals surface area (Å²) in [7, 11) is 1.57. The first-order valence-electron chi connectivity index (χ1n) is 6.37. The van der Waals surface area contributed by atoms with E-state index in [2.05, 4.69) is 28.1 Å². The number of methoxy groups -OCH3 is 1. The largest absolute Gasteiger partial charge is 0.481 e. The maximum atomic E-state index is 9.92. The van der Waals surface area contributed by atoms with Crippen molar-refractivity contribution in [1.29, 1.82) is 0 Å². The van der Waals surface area contributed by atoms with Crippen molar-refractivity contribution in [2.24, 2.45) is 0 Å². The molecule has 1 atom stereocenters. The molecule has 0 fully saturated rings. The van der Waals surface area contributed by atoms with E-state index in [1.54, 1.807) is 7.11 Å². The summed E-state index contributed by atoms with van der Waals surface area (Å²) in [6.45, 7) is 5.59. The minimum absolute atomic E-state index is 0.0592. The zero-order chi connectivity index (χ0) is 14.5. The Morgan fingerprint density at radius 2 is 2.16 bits per heavy atom. The average molecular weight is 272 g/mol. The highest BCUT2D eigenvalue weighted by atomic mass is 16.5. The van der Waals surface area contributed by atoms with Gasteiger partial charge in [0.15, 0.2) is 0 Å². The summed E-state index contributed by atoms with van der Waals surface area (Å²) < 4.78 is 11.7. The number of carbonyl (C=O) groups is 1. The number of hydrogen-bond acceptors (Lipinski definition) is 4. The molecule has 0 aliphatic rings. The van der Waals surface area contributed by atoms with Gasteiger partial charge >= 0.3 is 5.97 Å². The SMILES string of the molecule is CCC(C)n1ccnc1.COCCOCCC(=O)O. The van der Waals surface area contributed by atoms with E-state index in [9.17, 15) is 4.79 Å². The lowest BCUT2D eigenvalue weighted by Gasteiger charge is -2.07. The van der Waals surface area contributed by atoms with E-state index >= 15 is 0 Å². The fourth-order valence-electron chi connectivity index (χ4n) is 1.14. The number of hydrogen-bond donors (Lipinski definition) is 1. The molecule has 110 valence electrons. The van der Waals surface area contributed by atoms with E-state index in [0.717, 1.165) is 6.42 Å². The lowest BCUT2D eigenvalue weighted by atomic mass is 10.3. The Morgan fingerprint density at radius 1 is 1.42 bits per heavy atom. The maximum Gasteiger partial charge on any atom is 0.305 e. The lowest BCUT2D eigenvalue weighted by molar-refractivity contribution is -0.138. The number of carboxylic acid groups (broad SMARTS) is 1. The molecule has 0 spiro atoms. The first-order valence-corrected chi connectivity index (χ1v) is 6.37. The van der Waals surface area contributed by atoms with Gasteiger partial charge < -0.3 is 19.1 Å². The summed E-state index contributed by atoms with van der Waals surface area (Å²) in [4.78, 5) is 13.9. The van der Waals surface area contributed by atoms with Gasteiger partial charge in [-0.3, -0.25) is 4.79 Å². The normalized spacial score (nSPS) is 11.5. The van der Waals surface area contributed by atoms with Crippen molar-refractivity contribution in [3.63, 3.8) is 0 Å². The van der Waals surface area contributed by atoms with Gasteiger partial charge in [0.05, 0.1) is 32.6 Å². The monoisotopic (exact) mass is 272 g/mol. The number of aromatic nitrogens is 2. The highest BCUT2D eigenvalue weighted by Gasteiger charge is 1.97. The second-order valence-corrected chi connectivity index (χ2v) is 4.02. The van der Waals surface area contributed by atoms with E-state index in [1.807, 2.05) is 18.7 Å². The summed E-state index contributed by atoms with van der Waals surface area (Å²) in [5.41, 5.74) is 0. The third kappa shape index (κ3) is 10.2.